The van der Waals surface area contributed by atoms with E-state index in [-0.39, 0.29) is 55.9 Å². The number of hydrogen-bond donors (Lipinski definition) is 0. The van der Waals surface area contributed by atoms with Crippen LogP contribution in [0.25, 0.3) is 111 Å². The van der Waals surface area contributed by atoms with E-state index < -0.39 is 34.6 Å². The second-order valence-corrected chi connectivity index (χ2v) is 20.0. The third-order valence-corrected chi connectivity index (χ3v) is 15.3. The van der Waals surface area contributed by atoms with Crippen LogP contribution < -0.4 is 0 Å². The van der Waals surface area contributed by atoms with Crippen LogP contribution in [0.4, 0.5) is 26.3 Å². The fourth-order valence-corrected chi connectivity index (χ4v) is 11.4. The van der Waals surface area contributed by atoms with Crippen molar-refractivity contribution in [1.82, 2.24) is 9.13 Å². The molecule has 2 aromatic heterocycles. The molecule has 0 amide bonds. The maximum atomic E-state index is 15.8. The number of rotatable bonds is 7. The number of hydrogen-bond acceptors (Lipinski definition) is 8. The number of benzene rings is 10. The largest absolute Gasteiger partial charge is 0.417 e. The van der Waals surface area contributed by atoms with Gasteiger partial charge in [-0.25, -0.2) is 0 Å². The minimum atomic E-state index is -5.24. The van der Waals surface area contributed by atoms with Gasteiger partial charge in [0.25, 0.3) is 0 Å². The molecule has 0 bridgehead atoms. The van der Waals surface area contributed by atoms with Crippen LogP contribution in [-0.4, -0.2) is 9.13 Å². The molecule has 86 heavy (non-hydrogen) atoms. The maximum Gasteiger partial charge on any atom is 0.417 e. The number of nitriles is 8. The van der Waals surface area contributed by atoms with Crippen molar-refractivity contribution in [3.8, 4) is 116 Å². The van der Waals surface area contributed by atoms with Gasteiger partial charge in [0.1, 0.15) is 0 Å². The zero-order chi connectivity index (χ0) is 60.3. The monoisotopic (exact) mass is 1120 g/mol. The fraction of sp³-hybridized carbons (Fsp3) is 0.0286. The van der Waals surface area contributed by atoms with Gasteiger partial charge in [-0.1, -0.05) is 72.8 Å². The van der Waals surface area contributed by atoms with Gasteiger partial charge in [-0.15, -0.1) is 0 Å². The summed E-state index contributed by atoms with van der Waals surface area (Å²) in [6.45, 7) is 0. The lowest BCUT2D eigenvalue weighted by molar-refractivity contribution is -0.139. The SMILES string of the molecule is N#Cc1ccc(-c2ccc3c4ccc(-c5ccc(C#N)cc5C#N)cc4n(-c4ccc(C(F)(F)F)c(-c5cc(-n6c7cc(-c8ccc(C#N)cc8C#N)ccc7c7ccc(-c8ccc(C#N)cc8C#N)cc76)ccc5C(F)(F)F)c4)c3c2)c(C#N)c1. The van der Waals surface area contributed by atoms with Gasteiger partial charge in [-0.05, 0) is 165 Å². The van der Waals surface area contributed by atoms with Gasteiger partial charge >= 0.3 is 12.4 Å². The molecule has 0 saturated heterocycles. The molecular formula is C70H30F6N10. The van der Waals surface area contributed by atoms with Crippen molar-refractivity contribution in [3.05, 3.63) is 238 Å². The van der Waals surface area contributed by atoms with Crippen LogP contribution >= 0.6 is 0 Å². The third kappa shape index (κ3) is 9.05. The Balaban J connectivity index is 1.16. The summed E-state index contributed by atoms with van der Waals surface area (Å²) in [7, 11) is 0. The molecule has 0 N–H and O–H groups in total. The molecule has 10 nitrogen and oxygen atoms in total. The Morgan fingerprint density at radius 1 is 0.256 bits per heavy atom. The summed E-state index contributed by atoms with van der Waals surface area (Å²) in [6.07, 6.45) is -10.5. The van der Waals surface area contributed by atoms with E-state index in [9.17, 15) is 42.1 Å². The van der Waals surface area contributed by atoms with Crippen LogP contribution in [0.3, 0.4) is 0 Å². The lowest BCUT2D eigenvalue weighted by Crippen LogP contribution is -2.12. The molecule has 0 aliphatic carbocycles. The van der Waals surface area contributed by atoms with Crippen molar-refractivity contribution in [2.24, 2.45) is 0 Å². The van der Waals surface area contributed by atoms with Gasteiger partial charge in [0.05, 0.1) is 126 Å². The Labute approximate surface area is 484 Å². The van der Waals surface area contributed by atoms with E-state index in [2.05, 4.69) is 24.3 Å². The molecule has 16 heteroatoms. The van der Waals surface area contributed by atoms with E-state index in [1.54, 1.807) is 106 Å². The predicted molar refractivity (Wildman–Crippen MR) is 310 cm³/mol. The highest BCUT2D eigenvalue weighted by Gasteiger charge is 2.39. The summed E-state index contributed by atoms with van der Waals surface area (Å²) in [5, 5.41) is 81.8. The molecule has 12 rings (SSSR count). The molecule has 0 spiro atoms. The molecule has 0 unspecified atom stereocenters. The second-order valence-electron chi connectivity index (χ2n) is 20.0. The van der Waals surface area contributed by atoms with E-state index >= 15 is 26.3 Å². The molecule has 2 heterocycles. The number of fused-ring (bicyclic) bond motifs is 6. The molecule has 0 aliphatic heterocycles. The summed E-state index contributed by atoms with van der Waals surface area (Å²) in [5.74, 6) is 0. The maximum absolute atomic E-state index is 15.8. The van der Waals surface area contributed by atoms with Crippen LogP contribution in [-0.2, 0) is 12.4 Å². The number of nitrogens with zero attached hydrogens (tertiary/aromatic N) is 10. The van der Waals surface area contributed by atoms with Crippen molar-refractivity contribution in [1.29, 1.82) is 42.1 Å². The fourth-order valence-electron chi connectivity index (χ4n) is 11.4. The van der Waals surface area contributed by atoms with Crippen LogP contribution in [0.5, 0.6) is 0 Å². The topological polar surface area (TPSA) is 200 Å². The molecule has 0 fully saturated rings. The Kier molecular flexibility index (Phi) is 13.0. The average Bonchev–Trinajstić information content (AvgIpc) is 1.62. The van der Waals surface area contributed by atoms with Gasteiger partial charge in [-0.3, -0.25) is 0 Å². The zero-order valence-electron chi connectivity index (χ0n) is 44.1. The summed E-state index contributed by atoms with van der Waals surface area (Å²) in [4.78, 5) is 0. The van der Waals surface area contributed by atoms with E-state index in [0.717, 1.165) is 36.4 Å². The molecule has 0 saturated carbocycles. The summed E-state index contributed by atoms with van der Waals surface area (Å²) >= 11 is 0. The first-order valence-corrected chi connectivity index (χ1v) is 25.9. The zero-order valence-corrected chi connectivity index (χ0v) is 44.1. The normalized spacial score (nSPS) is 11.3. The predicted octanol–water partition coefficient (Wildman–Crippen LogP) is 17.2. The van der Waals surface area contributed by atoms with E-state index in [0.29, 0.717) is 88.1 Å². The molecule has 10 aromatic carbocycles. The van der Waals surface area contributed by atoms with Gasteiger partial charge in [0.15, 0.2) is 0 Å². The minimum Gasteiger partial charge on any atom is -0.309 e. The first-order chi connectivity index (χ1) is 41.5. The van der Waals surface area contributed by atoms with Crippen molar-refractivity contribution in [2.75, 3.05) is 0 Å². The van der Waals surface area contributed by atoms with Crippen LogP contribution in [0.2, 0.25) is 0 Å². The van der Waals surface area contributed by atoms with E-state index in [1.165, 1.54) is 48.5 Å². The summed E-state index contributed by atoms with van der Waals surface area (Å²) in [5.41, 5.74) is 1.86. The van der Waals surface area contributed by atoms with Crippen molar-refractivity contribution in [2.45, 2.75) is 12.4 Å². The Bertz CT molecular complexity index is 4740. The average molecular weight is 1130 g/mol. The lowest BCUT2D eigenvalue weighted by atomic mass is 9.93. The van der Waals surface area contributed by atoms with E-state index in [1.807, 2.05) is 24.3 Å². The van der Waals surface area contributed by atoms with Crippen LogP contribution in [0.15, 0.2) is 182 Å². The minimum absolute atomic E-state index is 0.0147. The quantitative estimate of drug-likeness (QED) is 0.140. The highest BCUT2D eigenvalue weighted by atomic mass is 19.4. The number of alkyl halides is 6. The van der Waals surface area contributed by atoms with Crippen LogP contribution in [0, 0.1) is 90.6 Å². The molecule has 0 radical (unpaired) electrons. The van der Waals surface area contributed by atoms with Gasteiger partial charge in [-0.2, -0.15) is 68.4 Å². The Morgan fingerprint density at radius 3 is 0.733 bits per heavy atom. The standard InChI is InChI=1S/C70H30F6N10/c71-69(72,73)63-19-9-51(85-65-25-43(53-11-1-39(31-77)21-47(53)35-81)5-15-57(65)58-16-6-44(26-66(58)85)54-12-2-40(32-78)22-48(54)36-82)29-61(63)62-30-52(10-20-64(62)70(74,75)76)86-67-27-45(55-13-3-41(33-79)23-49(55)37-83)7-17-59(67)60-18-8-46(28-68(60)86)56-14-4-42(34-80)24-50(56)38-84/h1-30H. The van der Waals surface area contributed by atoms with Gasteiger partial charge in [0.2, 0.25) is 0 Å². The Hall–Kier alpha value is -12.7. The number of halogens is 6. The first-order valence-electron chi connectivity index (χ1n) is 25.9. The molecule has 0 atom stereocenters. The highest BCUT2D eigenvalue weighted by Crippen LogP contribution is 2.47. The molecule has 402 valence electrons. The van der Waals surface area contributed by atoms with Crippen LogP contribution in [0.1, 0.15) is 55.6 Å². The summed E-state index contributed by atoms with van der Waals surface area (Å²) < 4.78 is 98.2. The summed E-state index contributed by atoms with van der Waals surface area (Å²) in [6, 6.07) is 61.2. The number of aromatic nitrogens is 2. The van der Waals surface area contributed by atoms with Crippen molar-refractivity contribution >= 4 is 43.6 Å². The van der Waals surface area contributed by atoms with E-state index in [4.69, 9.17) is 0 Å². The lowest BCUT2D eigenvalue weighted by Gasteiger charge is -2.21. The molecule has 0 aliphatic rings. The van der Waals surface area contributed by atoms with Crippen molar-refractivity contribution in [3.63, 3.8) is 0 Å². The van der Waals surface area contributed by atoms with Crippen molar-refractivity contribution < 1.29 is 26.3 Å². The van der Waals surface area contributed by atoms with Gasteiger partial charge < -0.3 is 9.13 Å². The first kappa shape index (κ1) is 53.9. The molecular weight excluding hydrogens is 1090 g/mol. The Morgan fingerprint density at radius 2 is 0.512 bits per heavy atom. The third-order valence-electron chi connectivity index (χ3n) is 15.3. The molecule has 12 aromatic rings. The highest BCUT2D eigenvalue weighted by molar-refractivity contribution is 6.13. The smallest absolute Gasteiger partial charge is 0.309 e. The van der Waals surface area contributed by atoms with Gasteiger partial charge in [0, 0.05) is 32.9 Å². The second kappa shape index (κ2) is 20.7.